The van der Waals surface area contributed by atoms with E-state index in [0.29, 0.717) is 36.9 Å². The molecular formula is C37H55N7O7. The summed E-state index contributed by atoms with van der Waals surface area (Å²) in [5, 5.41) is 37.7. The average Bonchev–Trinajstić information content (AvgIpc) is 3.80. The maximum Gasteiger partial charge on any atom is 0.405 e. The number of urea groups is 1. The highest BCUT2D eigenvalue weighted by Crippen LogP contribution is 2.31. The number of nitrogens with one attached hydrogen (secondary N) is 3. The summed E-state index contributed by atoms with van der Waals surface area (Å²) in [6.45, 7) is 12.1. The van der Waals surface area contributed by atoms with Crippen LogP contribution in [-0.4, -0.2) is 109 Å². The van der Waals surface area contributed by atoms with Crippen molar-refractivity contribution in [2.24, 2.45) is 16.7 Å². The van der Waals surface area contributed by atoms with Crippen LogP contribution in [0.15, 0.2) is 48.5 Å². The van der Waals surface area contributed by atoms with E-state index >= 15 is 0 Å². The maximum atomic E-state index is 14.3. The molecule has 0 unspecified atom stereocenters. The van der Waals surface area contributed by atoms with Gasteiger partial charge in [-0.15, -0.1) is 0 Å². The summed E-state index contributed by atoms with van der Waals surface area (Å²) in [5.74, 6) is -0.630. The van der Waals surface area contributed by atoms with Gasteiger partial charge in [0.15, 0.2) is 0 Å². The zero-order chi connectivity index (χ0) is 37.5. The van der Waals surface area contributed by atoms with Crippen LogP contribution in [0.3, 0.4) is 0 Å². The summed E-state index contributed by atoms with van der Waals surface area (Å²) in [6.07, 6.45) is -0.233. The predicted octanol–water partition coefficient (Wildman–Crippen LogP) is 2.74. The van der Waals surface area contributed by atoms with Gasteiger partial charge < -0.3 is 35.8 Å². The lowest BCUT2D eigenvalue weighted by molar-refractivity contribution is -0.133. The molecule has 1 aromatic heterocycles. The SMILES string of the molecule is CC(C)(C)[C@H](NC(=O)O)C(=O)NN(CC1CC1)C[C@H](O)[C@H](Cc1ccccc1)NC(=O)[C@@H](N1CCN(Cc2cccc(CO)n2)C1=O)C(C)(C)C. The minimum absolute atomic E-state index is 0.0273. The maximum absolute atomic E-state index is 14.3. The van der Waals surface area contributed by atoms with Crippen molar-refractivity contribution in [3.05, 3.63) is 65.5 Å². The van der Waals surface area contributed by atoms with E-state index in [4.69, 9.17) is 0 Å². The summed E-state index contributed by atoms with van der Waals surface area (Å²) in [4.78, 5) is 60.6. The third-order valence-electron chi connectivity index (χ3n) is 9.22. The van der Waals surface area contributed by atoms with Crippen LogP contribution in [0.1, 0.15) is 71.3 Å². The van der Waals surface area contributed by atoms with Gasteiger partial charge in [-0.25, -0.2) is 14.6 Å². The molecule has 6 N–H and O–H groups in total. The van der Waals surface area contributed by atoms with Crippen molar-refractivity contribution in [1.29, 1.82) is 0 Å². The van der Waals surface area contributed by atoms with E-state index in [1.54, 1.807) is 53.8 Å². The lowest BCUT2D eigenvalue weighted by Crippen LogP contribution is -2.61. The molecule has 1 aliphatic heterocycles. The smallest absolute Gasteiger partial charge is 0.405 e. The predicted molar refractivity (Wildman–Crippen MR) is 191 cm³/mol. The topological polar surface area (TPSA) is 188 Å². The van der Waals surface area contributed by atoms with Crippen molar-refractivity contribution < 1.29 is 34.5 Å². The molecule has 4 atom stereocenters. The Morgan fingerprint density at radius 2 is 1.59 bits per heavy atom. The zero-order valence-electron chi connectivity index (χ0n) is 30.6. The fourth-order valence-electron chi connectivity index (χ4n) is 6.45. The molecule has 2 aromatic rings. The molecule has 5 amide bonds. The van der Waals surface area contributed by atoms with Crippen molar-refractivity contribution >= 4 is 23.9 Å². The van der Waals surface area contributed by atoms with Crippen molar-refractivity contribution in [3.63, 3.8) is 0 Å². The summed E-state index contributed by atoms with van der Waals surface area (Å²) >= 11 is 0. The molecule has 14 nitrogen and oxygen atoms in total. The minimum Gasteiger partial charge on any atom is -0.465 e. The number of pyridine rings is 1. The Labute approximate surface area is 300 Å². The van der Waals surface area contributed by atoms with Crippen LogP contribution in [0.5, 0.6) is 0 Å². The van der Waals surface area contributed by atoms with Crippen LogP contribution in [0.25, 0.3) is 0 Å². The quantitative estimate of drug-likeness (QED) is 0.143. The third-order valence-corrected chi connectivity index (χ3v) is 9.22. The number of hydrogen-bond acceptors (Lipinski definition) is 8. The Hall–Kier alpha value is -4.27. The number of carboxylic acid groups (broad SMARTS) is 1. The van der Waals surface area contributed by atoms with Crippen LogP contribution in [-0.2, 0) is 29.2 Å². The number of aromatic nitrogens is 1. The van der Waals surface area contributed by atoms with Gasteiger partial charge >= 0.3 is 12.1 Å². The first-order valence-corrected chi connectivity index (χ1v) is 17.6. The molecule has 2 aliphatic rings. The fourth-order valence-corrected chi connectivity index (χ4v) is 6.45. The molecule has 2 fully saturated rings. The van der Waals surface area contributed by atoms with E-state index in [1.165, 1.54) is 0 Å². The van der Waals surface area contributed by atoms with E-state index in [1.807, 2.05) is 51.1 Å². The van der Waals surface area contributed by atoms with Gasteiger partial charge in [-0.2, -0.15) is 0 Å². The number of carbonyl (C=O) groups excluding carboxylic acids is 3. The molecule has 0 bridgehead atoms. The second kappa shape index (κ2) is 16.8. The van der Waals surface area contributed by atoms with E-state index in [0.717, 1.165) is 18.4 Å². The standard InChI is InChI=1S/C37H55N7O7/c1-36(2,3)30(40-34(49)50)32(47)41-43(20-25-15-16-25)22-29(46)28(19-24-11-8-7-9-12-24)39-33(48)31(37(4,5)6)44-18-17-42(35(44)51)21-26-13-10-14-27(23-45)38-26/h7-14,25,28-31,40,45-46H,15-23H2,1-6H3,(H,39,48)(H,41,47)(H,49,50)/t28-,29-,30+,31+/m0/s1. The molecule has 0 spiro atoms. The number of carbonyl (C=O) groups is 4. The van der Waals surface area contributed by atoms with Crippen LogP contribution in [0.2, 0.25) is 0 Å². The number of rotatable bonds is 16. The Bertz CT molecular complexity index is 1510. The van der Waals surface area contributed by atoms with Crippen molar-refractivity contribution in [3.8, 4) is 0 Å². The Balaban J connectivity index is 1.54. The second-order valence-corrected chi connectivity index (χ2v) is 15.9. The first-order valence-electron chi connectivity index (χ1n) is 17.6. The molecule has 280 valence electrons. The van der Waals surface area contributed by atoms with Gasteiger partial charge in [-0.1, -0.05) is 77.9 Å². The molecule has 2 heterocycles. The van der Waals surface area contributed by atoms with Crippen LogP contribution >= 0.6 is 0 Å². The molecule has 1 saturated carbocycles. The Kier molecular flexibility index (Phi) is 13.0. The molecule has 0 radical (unpaired) electrons. The Morgan fingerprint density at radius 1 is 0.922 bits per heavy atom. The first-order chi connectivity index (χ1) is 24.0. The summed E-state index contributed by atoms with van der Waals surface area (Å²) < 4.78 is 0. The normalized spacial score (nSPS) is 17.5. The van der Waals surface area contributed by atoms with E-state index in [9.17, 15) is 34.5 Å². The highest BCUT2D eigenvalue weighted by atomic mass is 16.4. The van der Waals surface area contributed by atoms with Gasteiger partial charge in [0.1, 0.15) is 12.1 Å². The molecular weight excluding hydrogens is 654 g/mol. The second-order valence-electron chi connectivity index (χ2n) is 15.9. The number of hydrogen-bond donors (Lipinski definition) is 6. The van der Waals surface area contributed by atoms with E-state index in [-0.39, 0.29) is 32.1 Å². The van der Waals surface area contributed by atoms with Gasteiger partial charge in [0.25, 0.3) is 5.91 Å². The largest absolute Gasteiger partial charge is 0.465 e. The van der Waals surface area contributed by atoms with Gasteiger partial charge in [-0.3, -0.25) is 20.0 Å². The van der Waals surface area contributed by atoms with Gasteiger partial charge in [0, 0.05) is 26.2 Å². The van der Waals surface area contributed by atoms with Crippen LogP contribution in [0.4, 0.5) is 9.59 Å². The summed E-state index contributed by atoms with van der Waals surface area (Å²) in [7, 11) is 0. The molecule has 1 aliphatic carbocycles. The van der Waals surface area contributed by atoms with Gasteiger partial charge in [-0.05, 0) is 53.7 Å². The lowest BCUT2D eigenvalue weighted by Gasteiger charge is -2.38. The minimum atomic E-state index is -1.31. The van der Waals surface area contributed by atoms with E-state index in [2.05, 4.69) is 21.0 Å². The summed E-state index contributed by atoms with van der Waals surface area (Å²) in [6, 6.07) is 11.7. The number of amides is 5. The number of nitrogens with zero attached hydrogens (tertiary/aromatic N) is 4. The number of hydrazine groups is 1. The van der Waals surface area contributed by atoms with Gasteiger partial charge in [0.2, 0.25) is 5.91 Å². The number of aliphatic hydroxyl groups excluding tert-OH is 2. The molecule has 4 rings (SSSR count). The Morgan fingerprint density at radius 3 is 2.18 bits per heavy atom. The first kappa shape index (κ1) is 39.5. The van der Waals surface area contributed by atoms with E-state index < -0.39 is 53.0 Å². The molecule has 14 heteroatoms. The van der Waals surface area contributed by atoms with Crippen molar-refractivity contribution in [2.45, 2.75) is 98.2 Å². The molecule has 51 heavy (non-hydrogen) atoms. The summed E-state index contributed by atoms with van der Waals surface area (Å²) in [5.41, 5.74) is 3.48. The van der Waals surface area contributed by atoms with Gasteiger partial charge in [0.05, 0.1) is 36.7 Å². The zero-order valence-corrected chi connectivity index (χ0v) is 30.6. The molecule has 1 saturated heterocycles. The average molecular weight is 710 g/mol. The number of aliphatic hydroxyl groups is 2. The van der Waals surface area contributed by atoms with Crippen LogP contribution < -0.4 is 16.1 Å². The third kappa shape index (κ3) is 11.4. The highest BCUT2D eigenvalue weighted by Gasteiger charge is 2.44. The number of benzene rings is 1. The van der Waals surface area contributed by atoms with Crippen molar-refractivity contribution in [2.75, 3.05) is 26.2 Å². The highest BCUT2D eigenvalue weighted by molar-refractivity contribution is 5.89. The monoisotopic (exact) mass is 709 g/mol. The van der Waals surface area contributed by atoms with Crippen LogP contribution in [0, 0.1) is 16.7 Å². The van der Waals surface area contributed by atoms with Crippen molar-refractivity contribution in [1.82, 2.24) is 35.9 Å². The molecule has 1 aromatic carbocycles. The lowest BCUT2D eigenvalue weighted by atomic mass is 9.84. The fraction of sp³-hybridized carbons (Fsp3) is 0.595.